The van der Waals surface area contributed by atoms with E-state index in [-0.39, 0.29) is 6.04 Å². The summed E-state index contributed by atoms with van der Waals surface area (Å²) in [7, 11) is 0. The highest BCUT2D eigenvalue weighted by molar-refractivity contribution is 9.10. The van der Waals surface area contributed by atoms with E-state index in [0.29, 0.717) is 15.9 Å². The fourth-order valence-electron chi connectivity index (χ4n) is 2.46. The summed E-state index contributed by atoms with van der Waals surface area (Å²) < 4.78 is 39.0. The highest BCUT2D eigenvalue weighted by atomic mass is 79.9. The molecule has 0 radical (unpaired) electrons. The molecule has 0 saturated heterocycles. The number of nitrogens with zero attached hydrogens (tertiary/aromatic N) is 1. The summed E-state index contributed by atoms with van der Waals surface area (Å²) in [5.41, 5.74) is 2.05. The minimum Gasteiger partial charge on any atom is -0.308 e. The summed E-state index contributed by atoms with van der Waals surface area (Å²) in [6.45, 7) is 0. The number of benzene rings is 1. The number of alkyl halides is 3. The zero-order valence-electron chi connectivity index (χ0n) is 11.4. The lowest BCUT2D eigenvalue weighted by Gasteiger charge is -2.20. The molecule has 0 aliphatic heterocycles. The molecular weight excluding hydrogens is 347 g/mol. The van der Waals surface area contributed by atoms with E-state index in [0.717, 1.165) is 37.8 Å². The van der Waals surface area contributed by atoms with Gasteiger partial charge >= 0.3 is 6.18 Å². The number of aliphatic imine (C=N–C) groups is 1. The molecule has 0 unspecified atom stereocenters. The maximum atomic E-state index is 12.8. The van der Waals surface area contributed by atoms with Crippen LogP contribution < -0.4 is 11.3 Å². The van der Waals surface area contributed by atoms with Crippen LogP contribution in [0.2, 0.25) is 0 Å². The van der Waals surface area contributed by atoms with Gasteiger partial charge in [0.1, 0.15) is 5.84 Å². The van der Waals surface area contributed by atoms with Crippen LogP contribution in [0.3, 0.4) is 0 Å². The van der Waals surface area contributed by atoms with Crippen molar-refractivity contribution in [1.29, 1.82) is 0 Å². The maximum absolute atomic E-state index is 12.8. The first-order chi connectivity index (χ1) is 9.91. The van der Waals surface area contributed by atoms with Crippen LogP contribution in [-0.2, 0) is 6.18 Å². The average Bonchev–Trinajstić information content (AvgIpc) is 2.45. The minimum atomic E-state index is -4.39. The summed E-state index contributed by atoms with van der Waals surface area (Å²) in [5.74, 6) is 5.76. The normalized spacial score (nSPS) is 17.9. The van der Waals surface area contributed by atoms with Crippen LogP contribution in [0.15, 0.2) is 27.7 Å². The van der Waals surface area contributed by atoms with Gasteiger partial charge in [0.25, 0.3) is 0 Å². The number of rotatable bonds is 2. The van der Waals surface area contributed by atoms with E-state index in [1.54, 1.807) is 0 Å². The van der Waals surface area contributed by atoms with E-state index in [2.05, 4.69) is 26.3 Å². The molecule has 2 rings (SSSR count). The maximum Gasteiger partial charge on any atom is 0.416 e. The summed E-state index contributed by atoms with van der Waals surface area (Å²) in [6.07, 6.45) is 0.875. The van der Waals surface area contributed by atoms with Gasteiger partial charge in [-0.15, -0.1) is 0 Å². The molecular formula is C14H17BrF3N3. The molecule has 0 aromatic heterocycles. The molecule has 0 bridgehead atoms. The second-order valence-electron chi connectivity index (χ2n) is 5.11. The standard InChI is InChI=1S/C14H17BrF3N3/c15-12-7-6-9(14(16,17)18)8-11(12)13(21-19)20-10-4-2-1-3-5-10/h6-8,10H,1-5,19H2,(H,20,21). The second-order valence-corrected chi connectivity index (χ2v) is 5.96. The highest BCUT2D eigenvalue weighted by Crippen LogP contribution is 2.32. The van der Waals surface area contributed by atoms with E-state index in [1.807, 2.05) is 0 Å². The van der Waals surface area contributed by atoms with Crippen molar-refractivity contribution in [3.63, 3.8) is 0 Å². The lowest BCUT2D eigenvalue weighted by Crippen LogP contribution is -2.33. The molecule has 116 valence electrons. The number of hydrogen-bond acceptors (Lipinski definition) is 2. The molecule has 0 heterocycles. The number of halogens is 4. The van der Waals surface area contributed by atoms with Gasteiger partial charge in [0.05, 0.1) is 11.6 Å². The minimum absolute atomic E-state index is 0.117. The summed E-state index contributed by atoms with van der Waals surface area (Å²) in [4.78, 5) is 4.49. The quantitative estimate of drug-likeness (QED) is 0.361. The zero-order chi connectivity index (χ0) is 15.5. The lowest BCUT2D eigenvalue weighted by molar-refractivity contribution is -0.137. The molecule has 3 N–H and O–H groups in total. The van der Waals surface area contributed by atoms with Gasteiger partial charge in [-0.1, -0.05) is 35.2 Å². The Kier molecular flexibility index (Phi) is 5.27. The number of amidine groups is 1. The van der Waals surface area contributed by atoms with Crippen molar-refractivity contribution in [2.24, 2.45) is 10.8 Å². The molecule has 1 aliphatic rings. The van der Waals surface area contributed by atoms with Gasteiger partial charge in [-0.3, -0.25) is 4.99 Å². The van der Waals surface area contributed by atoms with E-state index in [1.165, 1.54) is 12.5 Å². The second kappa shape index (κ2) is 6.79. The van der Waals surface area contributed by atoms with Crippen LogP contribution in [0.25, 0.3) is 0 Å². The van der Waals surface area contributed by atoms with Crippen molar-refractivity contribution >= 4 is 21.8 Å². The molecule has 1 aromatic carbocycles. The SMILES string of the molecule is NNC(=NC1CCCCC1)c1cc(C(F)(F)F)ccc1Br. The van der Waals surface area contributed by atoms with Gasteiger partial charge in [0, 0.05) is 10.0 Å². The van der Waals surface area contributed by atoms with Crippen molar-refractivity contribution in [3.05, 3.63) is 33.8 Å². The lowest BCUT2D eigenvalue weighted by atomic mass is 9.96. The fraction of sp³-hybridized carbons (Fsp3) is 0.500. The van der Waals surface area contributed by atoms with Crippen LogP contribution in [0.4, 0.5) is 13.2 Å². The summed E-state index contributed by atoms with van der Waals surface area (Å²) in [5, 5.41) is 0. The van der Waals surface area contributed by atoms with Crippen molar-refractivity contribution in [3.8, 4) is 0 Å². The Labute approximate surface area is 129 Å². The Hall–Kier alpha value is -1.08. The first-order valence-corrected chi connectivity index (χ1v) is 7.62. The molecule has 1 aliphatic carbocycles. The predicted octanol–water partition coefficient (Wildman–Crippen LogP) is 4.01. The van der Waals surface area contributed by atoms with Crippen LogP contribution in [0.5, 0.6) is 0 Å². The molecule has 3 nitrogen and oxygen atoms in total. The van der Waals surface area contributed by atoms with Gasteiger partial charge in [-0.2, -0.15) is 13.2 Å². The molecule has 1 fully saturated rings. The monoisotopic (exact) mass is 363 g/mol. The van der Waals surface area contributed by atoms with Crippen molar-refractivity contribution in [1.82, 2.24) is 5.43 Å². The third-order valence-corrected chi connectivity index (χ3v) is 4.26. The topological polar surface area (TPSA) is 50.4 Å². The molecule has 1 aromatic rings. The highest BCUT2D eigenvalue weighted by Gasteiger charge is 2.31. The largest absolute Gasteiger partial charge is 0.416 e. The Bertz CT molecular complexity index is 523. The van der Waals surface area contributed by atoms with Crippen molar-refractivity contribution in [2.45, 2.75) is 44.3 Å². The number of hydrazine groups is 1. The smallest absolute Gasteiger partial charge is 0.308 e. The Morgan fingerprint density at radius 2 is 1.90 bits per heavy atom. The molecule has 0 atom stereocenters. The number of hydrogen-bond donors (Lipinski definition) is 2. The van der Waals surface area contributed by atoms with Gasteiger partial charge in [0.2, 0.25) is 0 Å². The third kappa shape index (κ3) is 4.20. The first kappa shape index (κ1) is 16.3. The first-order valence-electron chi connectivity index (χ1n) is 6.83. The molecule has 1 saturated carbocycles. The third-order valence-electron chi connectivity index (χ3n) is 3.57. The molecule has 21 heavy (non-hydrogen) atoms. The van der Waals surface area contributed by atoms with Crippen LogP contribution in [0, 0.1) is 0 Å². The van der Waals surface area contributed by atoms with Crippen molar-refractivity contribution in [2.75, 3.05) is 0 Å². The van der Waals surface area contributed by atoms with E-state index >= 15 is 0 Å². The van der Waals surface area contributed by atoms with Crippen LogP contribution in [0.1, 0.15) is 43.2 Å². The Morgan fingerprint density at radius 3 is 2.48 bits per heavy atom. The number of nitrogens with two attached hydrogens (primary N) is 1. The zero-order valence-corrected chi connectivity index (χ0v) is 13.0. The van der Waals surface area contributed by atoms with Crippen molar-refractivity contribution < 1.29 is 13.2 Å². The summed E-state index contributed by atoms with van der Waals surface area (Å²) >= 11 is 3.26. The van der Waals surface area contributed by atoms with Gasteiger partial charge in [-0.25, -0.2) is 5.84 Å². The Balaban J connectivity index is 2.34. The van der Waals surface area contributed by atoms with Crippen LogP contribution in [-0.4, -0.2) is 11.9 Å². The van der Waals surface area contributed by atoms with Gasteiger partial charge in [0.15, 0.2) is 0 Å². The fourth-order valence-corrected chi connectivity index (χ4v) is 2.89. The van der Waals surface area contributed by atoms with Crippen LogP contribution >= 0.6 is 15.9 Å². The van der Waals surface area contributed by atoms with Gasteiger partial charge in [-0.05, 0) is 31.0 Å². The average molecular weight is 364 g/mol. The summed E-state index contributed by atoms with van der Waals surface area (Å²) in [6, 6.07) is 3.58. The Morgan fingerprint density at radius 1 is 1.24 bits per heavy atom. The number of nitrogens with one attached hydrogen (secondary N) is 1. The molecule has 0 spiro atoms. The predicted molar refractivity (Wildman–Crippen MR) is 79.9 cm³/mol. The van der Waals surface area contributed by atoms with E-state index < -0.39 is 11.7 Å². The molecule has 7 heteroatoms. The van der Waals surface area contributed by atoms with E-state index in [9.17, 15) is 13.2 Å². The van der Waals surface area contributed by atoms with E-state index in [4.69, 9.17) is 5.84 Å². The van der Waals surface area contributed by atoms with Gasteiger partial charge < -0.3 is 5.43 Å². The molecule has 0 amide bonds.